The summed E-state index contributed by atoms with van der Waals surface area (Å²) in [6, 6.07) is 4.32. The minimum Gasteiger partial charge on any atom is -0.488 e. The molecule has 2 heterocycles. The van der Waals surface area contributed by atoms with Gasteiger partial charge in [0.05, 0.1) is 6.04 Å². The van der Waals surface area contributed by atoms with E-state index in [4.69, 9.17) is 4.74 Å². The Kier molecular flexibility index (Phi) is 6.00. The van der Waals surface area contributed by atoms with Gasteiger partial charge in [-0.2, -0.15) is 0 Å². The fourth-order valence-corrected chi connectivity index (χ4v) is 2.71. The molecule has 27 heavy (non-hydrogen) atoms. The molecule has 0 aliphatic carbocycles. The Morgan fingerprint density at radius 3 is 2.59 bits per heavy atom. The fraction of sp³-hybridized carbons (Fsp3) is 0.389. The molecule has 1 atom stereocenters. The van der Waals surface area contributed by atoms with Crippen molar-refractivity contribution >= 4 is 12.0 Å². The second-order valence-electron chi connectivity index (χ2n) is 6.26. The van der Waals surface area contributed by atoms with E-state index in [1.807, 2.05) is 4.90 Å². The highest BCUT2D eigenvalue weighted by Gasteiger charge is 2.23. The first-order valence-electron chi connectivity index (χ1n) is 8.68. The van der Waals surface area contributed by atoms with E-state index in [1.54, 1.807) is 30.3 Å². The number of hydrogen-bond donors (Lipinski definition) is 1. The first-order valence-corrected chi connectivity index (χ1v) is 8.68. The van der Waals surface area contributed by atoms with Crippen LogP contribution in [0.15, 0.2) is 36.7 Å². The number of aromatic nitrogens is 2. The highest BCUT2D eigenvalue weighted by Crippen LogP contribution is 2.17. The van der Waals surface area contributed by atoms with Crippen LogP contribution >= 0.6 is 0 Å². The Hall–Kier alpha value is -2.97. The van der Waals surface area contributed by atoms with E-state index in [2.05, 4.69) is 15.3 Å². The molecule has 1 saturated heterocycles. The number of rotatable bonds is 5. The van der Waals surface area contributed by atoms with E-state index in [1.165, 1.54) is 6.07 Å². The summed E-state index contributed by atoms with van der Waals surface area (Å²) in [4.78, 5) is 24.5. The average molecular weight is 377 g/mol. The van der Waals surface area contributed by atoms with Crippen molar-refractivity contribution in [3.05, 3.63) is 48.3 Å². The van der Waals surface area contributed by atoms with Crippen molar-refractivity contribution in [2.45, 2.75) is 13.0 Å². The Labute approximate surface area is 156 Å². The van der Waals surface area contributed by atoms with Crippen LogP contribution < -0.4 is 15.0 Å². The summed E-state index contributed by atoms with van der Waals surface area (Å²) in [6.45, 7) is 4.21. The number of nitrogens with one attached hydrogen (secondary N) is 1. The number of anilines is 1. The fourth-order valence-electron chi connectivity index (χ4n) is 2.71. The maximum Gasteiger partial charge on any atom is 0.317 e. The third-order valence-electron chi connectivity index (χ3n) is 4.15. The Morgan fingerprint density at radius 1 is 1.22 bits per heavy atom. The molecule has 1 fully saturated rings. The van der Waals surface area contributed by atoms with Gasteiger partial charge in [0.1, 0.15) is 12.4 Å². The topological polar surface area (TPSA) is 70.6 Å². The summed E-state index contributed by atoms with van der Waals surface area (Å²) in [5.41, 5.74) is 0. The second-order valence-corrected chi connectivity index (χ2v) is 6.26. The summed E-state index contributed by atoms with van der Waals surface area (Å²) < 4.78 is 31.8. The number of ether oxygens (including phenoxy) is 1. The third-order valence-corrected chi connectivity index (χ3v) is 4.15. The molecular formula is C18H21F2N5O2. The minimum atomic E-state index is -0.771. The predicted octanol–water partition coefficient (Wildman–Crippen LogP) is 2.05. The smallest absolute Gasteiger partial charge is 0.317 e. The van der Waals surface area contributed by atoms with Gasteiger partial charge in [-0.25, -0.2) is 23.5 Å². The van der Waals surface area contributed by atoms with Crippen LogP contribution in [0.4, 0.5) is 19.5 Å². The van der Waals surface area contributed by atoms with Crippen LogP contribution in [0.3, 0.4) is 0 Å². The number of amides is 2. The average Bonchev–Trinajstić information content (AvgIpc) is 2.68. The van der Waals surface area contributed by atoms with Crippen molar-refractivity contribution in [2.75, 3.05) is 37.7 Å². The molecular weight excluding hydrogens is 356 g/mol. The van der Waals surface area contributed by atoms with Crippen molar-refractivity contribution in [3.8, 4) is 5.75 Å². The molecule has 2 aromatic rings. The zero-order valence-electron chi connectivity index (χ0n) is 14.9. The zero-order valence-corrected chi connectivity index (χ0v) is 14.9. The van der Waals surface area contributed by atoms with Crippen molar-refractivity contribution in [1.29, 1.82) is 0 Å². The summed E-state index contributed by atoms with van der Waals surface area (Å²) in [7, 11) is 0. The van der Waals surface area contributed by atoms with Crippen LogP contribution in [0.25, 0.3) is 0 Å². The van der Waals surface area contributed by atoms with Crippen molar-refractivity contribution in [1.82, 2.24) is 20.2 Å². The van der Waals surface area contributed by atoms with Crippen LogP contribution in [0, 0.1) is 11.6 Å². The molecule has 1 aromatic carbocycles. The van der Waals surface area contributed by atoms with Gasteiger partial charge in [0.2, 0.25) is 5.95 Å². The van der Waals surface area contributed by atoms with E-state index in [0.29, 0.717) is 32.1 Å². The van der Waals surface area contributed by atoms with Gasteiger partial charge in [-0.15, -0.1) is 0 Å². The molecule has 0 bridgehead atoms. The van der Waals surface area contributed by atoms with Gasteiger partial charge < -0.3 is 19.9 Å². The molecule has 1 aliphatic rings. The van der Waals surface area contributed by atoms with Gasteiger partial charge >= 0.3 is 6.03 Å². The molecule has 0 spiro atoms. The minimum absolute atomic E-state index is 0.0472. The molecule has 2 amide bonds. The molecule has 144 valence electrons. The standard InChI is InChI=1S/C18H21F2N5O2/c1-13(12-27-16-4-3-14(19)11-15(16)20)23-18(26)25-9-7-24(8-10-25)17-21-5-2-6-22-17/h2-6,11,13H,7-10,12H2,1H3,(H,23,26). The number of halogens is 2. The van der Waals surface area contributed by atoms with Crippen LogP contribution in [0.1, 0.15) is 6.92 Å². The Morgan fingerprint density at radius 2 is 1.93 bits per heavy atom. The van der Waals surface area contributed by atoms with Gasteiger partial charge in [-0.05, 0) is 25.1 Å². The van der Waals surface area contributed by atoms with Gasteiger partial charge in [0, 0.05) is 44.6 Å². The second kappa shape index (κ2) is 8.61. The Bertz CT molecular complexity index is 770. The lowest BCUT2D eigenvalue weighted by Gasteiger charge is -2.35. The normalized spacial score (nSPS) is 15.4. The van der Waals surface area contributed by atoms with Gasteiger partial charge in [0.25, 0.3) is 0 Å². The van der Waals surface area contributed by atoms with E-state index in [-0.39, 0.29) is 24.4 Å². The first kappa shape index (κ1) is 18.8. The van der Waals surface area contributed by atoms with Crippen molar-refractivity contribution in [2.24, 2.45) is 0 Å². The monoisotopic (exact) mass is 377 g/mol. The maximum absolute atomic E-state index is 13.6. The Balaban J connectivity index is 1.43. The lowest BCUT2D eigenvalue weighted by Crippen LogP contribution is -2.54. The molecule has 3 rings (SSSR count). The lowest BCUT2D eigenvalue weighted by atomic mass is 10.3. The first-order chi connectivity index (χ1) is 13.0. The highest BCUT2D eigenvalue weighted by atomic mass is 19.1. The molecule has 7 nitrogen and oxygen atoms in total. The predicted molar refractivity (Wildman–Crippen MR) is 95.7 cm³/mol. The number of piperazine rings is 1. The SMILES string of the molecule is CC(COc1ccc(F)cc1F)NC(=O)N1CCN(c2ncccn2)CC1. The third kappa shape index (κ3) is 5.02. The largest absolute Gasteiger partial charge is 0.488 e. The maximum atomic E-state index is 13.6. The summed E-state index contributed by atoms with van der Waals surface area (Å²) in [5, 5.41) is 2.82. The number of urea groups is 1. The van der Waals surface area contributed by atoms with E-state index in [0.717, 1.165) is 12.1 Å². The van der Waals surface area contributed by atoms with E-state index in [9.17, 15) is 13.6 Å². The molecule has 1 unspecified atom stereocenters. The van der Waals surface area contributed by atoms with Crippen molar-refractivity contribution in [3.63, 3.8) is 0 Å². The van der Waals surface area contributed by atoms with Crippen LogP contribution in [0.2, 0.25) is 0 Å². The number of benzene rings is 1. The number of carbonyl (C=O) groups excluding carboxylic acids is 1. The molecule has 0 saturated carbocycles. The van der Waals surface area contributed by atoms with E-state index < -0.39 is 11.6 Å². The quantitative estimate of drug-likeness (QED) is 0.864. The molecule has 1 aliphatic heterocycles. The summed E-state index contributed by atoms with van der Waals surface area (Å²) >= 11 is 0. The van der Waals surface area contributed by atoms with Crippen LogP contribution in [-0.2, 0) is 0 Å². The van der Waals surface area contributed by atoms with Crippen LogP contribution in [-0.4, -0.2) is 59.7 Å². The number of nitrogens with zero attached hydrogens (tertiary/aromatic N) is 4. The van der Waals surface area contributed by atoms with Crippen LogP contribution in [0.5, 0.6) is 5.75 Å². The van der Waals surface area contributed by atoms with Crippen molar-refractivity contribution < 1.29 is 18.3 Å². The van der Waals surface area contributed by atoms with E-state index >= 15 is 0 Å². The summed E-state index contributed by atoms with van der Waals surface area (Å²) in [6.07, 6.45) is 3.38. The molecule has 1 N–H and O–H groups in total. The summed E-state index contributed by atoms with van der Waals surface area (Å²) in [5.74, 6) is -0.830. The number of hydrogen-bond acceptors (Lipinski definition) is 5. The number of carbonyl (C=O) groups is 1. The molecule has 1 aromatic heterocycles. The molecule has 0 radical (unpaired) electrons. The van der Waals surface area contributed by atoms with Gasteiger partial charge in [-0.1, -0.05) is 0 Å². The zero-order chi connectivity index (χ0) is 19.2. The molecule has 9 heteroatoms. The highest BCUT2D eigenvalue weighted by molar-refractivity contribution is 5.74. The van der Waals surface area contributed by atoms with Gasteiger partial charge in [0.15, 0.2) is 11.6 Å². The lowest BCUT2D eigenvalue weighted by molar-refractivity contribution is 0.183. The van der Waals surface area contributed by atoms with Gasteiger partial charge in [-0.3, -0.25) is 0 Å².